The molecule has 0 amide bonds. The Morgan fingerprint density at radius 1 is 1.69 bits per heavy atom. The normalized spacial score (nSPS) is 12.9. The lowest BCUT2D eigenvalue weighted by atomic mass is 10.1. The van der Waals surface area contributed by atoms with Crippen LogP contribution in [0.5, 0.6) is 0 Å². The Balaban J connectivity index is 2.34. The first kappa shape index (κ1) is 10.6. The van der Waals surface area contributed by atoms with Gasteiger partial charge in [-0.15, -0.1) is 0 Å². The monoisotopic (exact) mass is 220 g/mol. The maximum atomic E-state index is 10.5. The Bertz CT molecular complexity index is 535. The zero-order chi connectivity index (χ0) is 11.7. The molecule has 0 spiro atoms. The quantitative estimate of drug-likeness (QED) is 0.786. The summed E-state index contributed by atoms with van der Waals surface area (Å²) in [6.07, 6.45) is 1.63. The summed E-state index contributed by atoms with van der Waals surface area (Å²) < 4.78 is 1.63. The summed E-state index contributed by atoms with van der Waals surface area (Å²) in [6, 6.07) is 3.00. The third-order valence-electron chi connectivity index (χ3n) is 2.29. The molecule has 0 aliphatic carbocycles. The van der Waals surface area contributed by atoms with E-state index in [0.29, 0.717) is 11.5 Å². The standard InChI is InChI=1S/C10H12N4O2/c1-6-12-9-4-7(2-3-14(9)13-6)8(11)5-10(15)16/h2-4,8H,5,11H2,1H3,(H,15,16). The lowest BCUT2D eigenvalue weighted by Crippen LogP contribution is -2.15. The molecule has 0 aliphatic heterocycles. The van der Waals surface area contributed by atoms with Crippen LogP contribution in [0.1, 0.15) is 23.9 Å². The van der Waals surface area contributed by atoms with Gasteiger partial charge in [0.1, 0.15) is 5.82 Å². The molecule has 6 heteroatoms. The van der Waals surface area contributed by atoms with Crippen molar-refractivity contribution in [2.45, 2.75) is 19.4 Å². The van der Waals surface area contributed by atoms with Crippen LogP contribution in [0.3, 0.4) is 0 Å². The van der Waals surface area contributed by atoms with Crippen LogP contribution in [0.15, 0.2) is 18.3 Å². The molecule has 16 heavy (non-hydrogen) atoms. The van der Waals surface area contributed by atoms with Gasteiger partial charge in [-0.1, -0.05) is 0 Å². The molecule has 1 atom stereocenters. The zero-order valence-electron chi connectivity index (χ0n) is 8.79. The molecule has 0 saturated carbocycles. The van der Waals surface area contributed by atoms with Crippen molar-refractivity contribution in [2.75, 3.05) is 0 Å². The van der Waals surface area contributed by atoms with Crippen LogP contribution in [0, 0.1) is 6.92 Å². The fourth-order valence-electron chi connectivity index (χ4n) is 1.55. The topological polar surface area (TPSA) is 93.5 Å². The van der Waals surface area contributed by atoms with Crippen molar-refractivity contribution in [1.82, 2.24) is 14.6 Å². The summed E-state index contributed by atoms with van der Waals surface area (Å²) >= 11 is 0. The van der Waals surface area contributed by atoms with Crippen LogP contribution in [0.2, 0.25) is 0 Å². The highest BCUT2D eigenvalue weighted by molar-refractivity contribution is 5.68. The second-order valence-corrected chi connectivity index (χ2v) is 3.63. The minimum atomic E-state index is -0.912. The molecule has 2 aromatic rings. The lowest BCUT2D eigenvalue weighted by molar-refractivity contribution is -0.137. The highest BCUT2D eigenvalue weighted by atomic mass is 16.4. The molecule has 2 heterocycles. The fraction of sp³-hybridized carbons (Fsp3) is 0.300. The van der Waals surface area contributed by atoms with E-state index in [1.807, 2.05) is 0 Å². The first-order chi connectivity index (χ1) is 7.56. The predicted molar refractivity (Wildman–Crippen MR) is 56.9 cm³/mol. The zero-order valence-corrected chi connectivity index (χ0v) is 8.79. The largest absolute Gasteiger partial charge is 0.481 e. The van der Waals surface area contributed by atoms with Gasteiger partial charge in [-0.05, 0) is 24.6 Å². The first-order valence-corrected chi connectivity index (χ1v) is 4.86. The van der Waals surface area contributed by atoms with Crippen molar-refractivity contribution < 1.29 is 9.90 Å². The van der Waals surface area contributed by atoms with Crippen LogP contribution in [-0.2, 0) is 4.79 Å². The second kappa shape index (κ2) is 3.90. The molecule has 0 aliphatic rings. The van der Waals surface area contributed by atoms with Crippen LogP contribution < -0.4 is 5.73 Å². The molecule has 3 N–H and O–H groups in total. The Kier molecular flexibility index (Phi) is 2.57. The Labute approximate surface area is 91.7 Å². The molecule has 0 radical (unpaired) electrons. The number of carboxylic acids is 1. The SMILES string of the molecule is Cc1nc2cc(C(N)CC(=O)O)ccn2n1. The number of hydrogen-bond acceptors (Lipinski definition) is 4. The number of rotatable bonds is 3. The number of nitrogens with two attached hydrogens (primary N) is 1. The average Bonchev–Trinajstić information content (AvgIpc) is 2.55. The van der Waals surface area contributed by atoms with Crippen LogP contribution in [-0.4, -0.2) is 25.7 Å². The van der Waals surface area contributed by atoms with Crippen molar-refractivity contribution >= 4 is 11.6 Å². The number of hydrogen-bond donors (Lipinski definition) is 2. The summed E-state index contributed by atoms with van der Waals surface area (Å²) in [4.78, 5) is 14.7. The molecule has 6 nitrogen and oxygen atoms in total. The number of carboxylic acid groups (broad SMARTS) is 1. The number of aliphatic carboxylic acids is 1. The van der Waals surface area contributed by atoms with E-state index in [1.54, 1.807) is 29.8 Å². The molecule has 0 saturated heterocycles. The highest BCUT2D eigenvalue weighted by Gasteiger charge is 2.11. The van der Waals surface area contributed by atoms with E-state index in [-0.39, 0.29) is 6.42 Å². The van der Waals surface area contributed by atoms with E-state index < -0.39 is 12.0 Å². The van der Waals surface area contributed by atoms with Gasteiger partial charge in [-0.3, -0.25) is 4.79 Å². The van der Waals surface area contributed by atoms with Crippen molar-refractivity contribution in [1.29, 1.82) is 0 Å². The molecule has 84 valence electrons. The van der Waals surface area contributed by atoms with Crippen molar-refractivity contribution in [3.8, 4) is 0 Å². The maximum absolute atomic E-state index is 10.5. The summed E-state index contributed by atoms with van der Waals surface area (Å²) in [5.41, 5.74) is 7.18. The van der Waals surface area contributed by atoms with E-state index in [9.17, 15) is 4.79 Å². The molecular formula is C10H12N4O2. The van der Waals surface area contributed by atoms with E-state index in [2.05, 4.69) is 10.1 Å². The molecule has 0 bridgehead atoms. The van der Waals surface area contributed by atoms with Crippen molar-refractivity contribution in [3.05, 3.63) is 29.7 Å². The third-order valence-corrected chi connectivity index (χ3v) is 2.29. The molecule has 1 unspecified atom stereocenters. The van der Waals surface area contributed by atoms with E-state index >= 15 is 0 Å². The Hall–Kier alpha value is -1.95. The smallest absolute Gasteiger partial charge is 0.305 e. The van der Waals surface area contributed by atoms with Crippen molar-refractivity contribution in [3.63, 3.8) is 0 Å². The number of pyridine rings is 1. The van der Waals surface area contributed by atoms with Gasteiger partial charge in [0.2, 0.25) is 0 Å². The van der Waals surface area contributed by atoms with E-state index in [1.165, 1.54) is 0 Å². The van der Waals surface area contributed by atoms with Gasteiger partial charge in [-0.2, -0.15) is 5.10 Å². The fourth-order valence-corrected chi connectivity index (χ4v) is 1.55. The summed E-state index contributed by atoms with van der Waals surface area (Å²) in [7, 11) is 0. The van der Waals surface area contributed by atoms with E-state index in [4.69, 9.17) is 10.8 Å². The molecule has 0 aromatic carbocycles. The predicted octanol–water partition coefficient (Wildman–Crippen LogP) is 0.512. The van der Waals surface area contributed by atoms with Crippen molar-refractivity contribution in [2.24, 2.45) is 5.73 Å². The maximum Gasteiger partial charge on any atom is 0.305 e. The number of aromatic nitrogens is 3. The minimum Gasteiger partial charge on any atom is -0.481 e. The first-order valence-electron chi connectivity index (χ1n) is 4.86. The van der Waals surface area contributed by atoms with Gasteiger partial charge in [0.05, 0.1) is 6.42 Å². The molecular weight excluding hydrogens is 208 g/mol. The summed E-state index contributed by atoms with van der Waals surface area (Å²) in [6.45, 7) is 1.80. The minimum absolute atomic E-state index is 0.0940. The molecule has 2 aromatic heterocycles. The van der Waals surface area contributed by atoms with Gasteiger partial charge in [-0.25, -0.2) is 9.50 Å². The number of fused-ring (bicyclic) bond motifs is 1. The molecule has 2 rings (SSSR count). The van der Waals surface area contributed by atoms with Gasteiger partial charge in [0, 0.05) is 12.2 Å². The van der Waals surface area contributed by atoms with Crippen LogP contribution in [0.25, 0.3) is 5.65 Å². The van der Waals surface area contributed by atoms with Crippen LogP contribution >= 0.6 is 0 Å². The van der Waals surface area contributed by atoms with Gasteiger partial charge in [0.25, 0.3) is 0 Å². The highest BCUT2D eigenvalue weighted by Crippen LogP contribution is 2.15. The lowest BCUT2D eigenvalue weighted by Gasteiger charge is -2.08. The third kappa shape index (κ3) is 2.01. The van der Waals surface area contributed by atoms with Crippen LogP contribution in [0.4, 0.5) is 0 Å². The Morgan fingerprint density at radius 3 is 3.12 bits per heavy atom. The molecule has 0 fully saturated rings. The number of carbonyl (C=O) groups is 1. The average molecular weight is 220 g/mol. The number of aryl methyl sites for hydroxylation is 1. The summed E-state index contributed by atoms with van der Waals surface area (Å²) in [5, 5.41) is 12.8. The van der Waals surface area contributed by atoms with E-state index in [0.717, 1.165) is 5.56 Å². The number of nitrogens with zero attached hydrogens (tertiary/aromatic N) is 3. The van der Waals surface area contributed by atoms with Gasteiger partial charge >= 0.3 is 5.97 Å². The summed E-state index contributed by atoms with van der Waals surface area (Å²) in [5.74, 6) is -0.242. The Morgan fingerprint density at radius 2 is 2.44 bits per heavy atom. The second-order valence-electron chi connectivity index (χ2n) is 3.63. The van der Waals surface area contributed by atoms with Gasteiger partial charge < -0.3 is 10.8 Å². The van der Waals surface area contributed by atoms with Gasteiger partial charge in [0.15, 0.2) is 5.65 Å².